The molecule has 0 fully saturated rings. The lowest BCUT2D eigenvalue weighted by atomic mass is 10.2. The summed E-state index contributed by atoms with van der Waals surface area (Å²) in [5.41, 5.74) is 3.37. The summed E-state index contributed by atoms with van der Waals surface area (Å²) in [6, 6.07) is 6.69. The van der Waals surface area contributed by atoms with Gasteiger partial charge in [0.15, 0.2) is 0 Å². The summed E-state index contributed by atoms with van der Waals surface area (Å²) in [7, 11) is 0. The van der Waals surface area contributed by atoms with Gasteiger partial charge in [-0.3, -0.25) is 14.7 Å². The van der Waals surface area contributed by atoms with Crippen LogP contribution in [0, 0.1) is 13.8 Å². The first-order valence-corrected chi connectivity index (χ1v) is 6.88. The highest BCUT2D eigenvalue weighted by Crippen LogP contribution is 2.18. The minimum Gasteiger partial charge on any atom is -0.323 e. The van der Waals surface area contributed by atoms with E-state index in [4.69, 9.17) is 0 Å². The predicted octanol–water partition coefficient (Wildman–Crippen LogP) is 2.79. The molecule has 22 heavy (non-hydrogen) atoms. The SMILES string of the molecule is C/C=C/C(=O)Nc1ccc(C(=O)Nc2c(C)n[nH]c2C)cc1. The van der Waals surface area contributed by atoms with Gasteiger partial charge in [0.25, 0.3) is 5.91 Å². The Morgan fingerprint density at radius 3 is 2.36 bits per heavy atom. The van der Waals surface area contributed by atoms with E-state index in [0.717, 1.165) is 11.4 Å². The molecule has 2 aromatic rings. The molecular weight excluding hydrogens is 280 g/mol. The minimum absolute atomic E-state index is 0.204. The van der Waals surface area contributed by atoms with E-state index >= 15 is 0 Å². The standard InChI is InChI=1S/C16H18N4O2/c1-4-5-14(21)17-13-8-6-12(7-9-13)16(22)18-15-10(2)19-20-11(15)3/h4-9H,1-3H3,(H,17,21)(H,18,22)(H,19,20)/b5-4+. The van der Waals surface area contributed by atoms with Crippen molar-refractivity contribution in [1.29, 1.82) is 0 Å². The van der Waals surface area contributed by atoms with Crippen molar-refractivity contribution in [3.05, 3.63) is 53.4 Å². The molecule has 3 N–H and O–H groups in total. The average Bonchev–Trinajstić information content (AvgIpc) is 2.80. The molecule has 1 heterocycles. The average molecular weight is 298 g/mol. The van der Waals surface area contributed by atoms with E-state index in [-0.39, 0.29) is 11.8 Å². The summed E-state index contributed by atoms with van der Waals surface area (Å²) in [6.07, 6.45) is 3.10. The maximum absolute atomic E-state index is 12.2. The van der Waals surface area contributed by atoms with E-state index in [1.165, 1.54) is 6.08 Å². The maximum Gasteiger partial charge on any atom is 0.255 e. The van der Waals surface area contributed by atoms with Crippen molar-refractivity contribution in [2.45, 2.75) is 20.8 Å². The van der Waals surface area contributed by atoms with Gasteiger partial charge in [-0.15, -0.1) is 0 Å². The normalized spacial score (nSPS) is 10.7. The number of anilines is 2. The lowest BCUT2D eigenvalue weighted by molar-refractivity contribution is -0.111. The molecule has 114 valence electrons. The number of aromatic nitrogens is 2. The highest BCUT2D eigenvalue weighted by Gasteiger charge is 2.12. The third-order valence-corrected chi connectivity index (χ3v) is 3.10. The Morgan fingerprint density at radius 1 is 1.14 bits per heavy atom. The zero-order valence-corrected chi connectivity index (χ0v) is 12.7. The Morgan fingerprint density at radius 2 is 1.82 bits per heavy atom. The van der Waals surface area contributed by atoms with Crippen LogP contribution in [0.25, 0.3) is 0 Å². The first-order chi connectivity index (χ1) is 10.5. The molecule has 0 atom stereocenters. The van der Waals surface area contributed by atoms with Gasteiger partial charge >= 0.3 is 0 Å². The number of hydrogen-bond acceptors (Lipinski definition) is 3. The molecule has 0 saturated heterocycles. The summed E-state index contributed by atoms with van der Waals surface area (Å²) in [5, 5.41) is 12.4. The largest absolute Gasteiger partial charge is 0.323 e. The third kappa shape index (κ3) is 3.60. The first-order valence-electron chi connectivity index (χ1n) is 6.88. The maximum atomic E-state index is 12.2. The number of rotatable bonds is 4. The van der Waals surface area contributed by atoms with Crippen molar-refractivity contribution in [2.75, 3.05) is 10.6 Å². The Labute approximate surface area is 128 Å². The van der Waals surface area contributed by atoms with Gasteiger partial charge in [0.05, 0.1) is 17.1 Å². The smallest absolute Gasteiger partial charge is 0.255 e. The first kappa shape index (κ1) is 15.5. The van der Waals surface area contributed by atoms with Crippen molar-refractivity contribution in [1.82, 2.24) is 10.2 Å². The van der Waals surface area contributed by atoms with Gasteiger partial charge < -0.3 is 10.6 Å². The lowest BCUT2D eigenvalue weighted by Gasteiger charge is -2.07. The predicted molar refractivity (Wildman–Crippen MR) is 85.9 cm³/mol. The van der Waals surface area contributed by atoms with Crippen LogP contribution >= 0.6 is 0 Å². The Hall–Kier alpha value is -2.89. The van der Waals surface area contributed by atoms with Crippen LogP contribution in [0.15, 0.2) is 36.4 Å². The molecule has 1 aromatic carbocycles. The summed E-state index contributed by atoms with van der Waals surface area (Å²) >= 11 is 0. The molecule has 2 rings (SSSR count). The monoisotopic (exact) mass is 298 g/mol. The molecule has 0 saturated carbocycles. The zero-order valence-electron chi connectivity index (χ0n) is 12.7. The molecule has 2 amide bonds. The van der Waals surface area contributed by atoms with Gasteiger partial charge in [0, 0.05) is 11.3 Å². The van der Waals surface area contributed by atoms with Gasteiger partial charge in [-0.1, -0.05) is 6.08 Å². The highest BCUT2D eigenvalue weighted by atomic mass is 16.2. The minimum atomic E-state index is -0.223. The van der Waals surface area contributed by atoms with Gasteiger partial charge in [-0.2, -0.15) is 5.10 Å². The van der Waals surface area contributed by atoms with E-state index < -0.39 is 0 Å². The van der Waals surface area contributed by atoms with Crippen molar-refractivity contribution < 1.29 is 9.59 Å². The van der Waals surface area contributed by atoms with E-state index in [9.17, 15) is 9.59 Å². The molecule has 6 heteroatoms. The third-order valence-electron chi connectivity index (χ3n) is 3.10. The number of H-pyrrole nitrogens is 1. The molecule has 0 aliphatic heterocycles. The van der Waals surface area contributed by atoms with Crippen LogP contribution in [0.5, 0.6) is 0 Å². The second kappa shape index (κ2) is 6.71. The number of allylic oxidation sites excluding steroid dienone is 1. The van der Waals surface area contributed by atoms with E-state index in [1.54, 1.807) is 37.3 Å². The number of nitrogens with one attached hydrogen (secondary N) is 3. The summed E-state index contributed by atoms with van der Waals surface area (Å²) < 4.78 is 0. The van der Waals surface area contributed by atoms with Gasteiger partial charge in [-0.25, -0.2) is 0 Å². The second-order valence-corrected chi connectivity index (χ2v) is 4.83. The van der Waals surface area contributed by atoms with Crippen molar-refractivity contribution in [2.24, 2.45) is 0 Å². The number of hydrogen-bond donors (Lipinski definition) is 3. The van der Waals surface area contributed by atoms with Crippen molar-refractivity contribution in [3.63, 3.8) is 0 Å². The molecule has 6 nitrogen and oxygen atoms in total. The molecule has 0 aliphatic carbocycles. The van der Waals surface area contributed by atoms with Gasteiger partial charge in [0.1, 0.15) is 0 Å². The van der Waals surface area contributed by atoms with Gasteiger partial charge in [0.2, 0.25) is 5.91 Å². The van der Waals surface area contributed by atoms with Crippen LogP contribution in [-0.2, 0) is 4.79 Å². The lowest BCUT2D eigenvalue weighted by Crippen LogP contribution is -2.13. The number of carbonyl (C=O) groups is 2. The number of nitrogens with zero attached hydrogens (tertiary/aromatic N) is 1. The van der Waals surface area contributed by atoms with Crippen LogP contribution in [0.3, 0.4) is 0 Å². The van der Waals surface area contributed by atoms with Crippen LogP contribution < -0.4 is 10.6 Å². The highest BCUT2D eigenvalue weighted by molar-refractivity contribution is 6.05. The fraction of sp³-hybridized carbons (Fsp3) is 0.188. The summed E-state index contributed by atoms with van der Waals surface area (Å²) in [5.74, 6) is -0.428. The molecular formula is C16H18N4O2. The molecule has 0 unspecified atom stereocenters. The van der Waals surface area contributed by atoms with E-state index in [0.29, 0.717) is 16.9 Å². The van der Waals surface area contributed by atoms with Crippen molar-refractivity contribution in [3.8, 4) is 0 Å². The zero-order chi connectivity index (χ0) is 16.1. The van der Waals surface area contributed by atoms with E-state index in [2.05, 4.69) is 20.8 Å². The van der Waals surface area contributed by atoms with Crippen LogP contribution in [0.1, 0.15) is 28.7 Å². The summed E-state index contributed by atoms with van der Waals surface area (Å²) in [4.78, 5) is 23.6. The molecule has 0 bridgehead atoms. The molecule has 0 aliphatic rings. The van der Waals surface area contributed by atoms with Crippen LogP contribution in [0.4, 0.5) is 11.4 Å². The Kier molecular flexibility index (Phi) is 4.73. The number of benzene rings is 1. The topological polar surface area (TPSA) is 86.9 Å². The Balaban J connectivity index is 2.07. The second-order valence-electron chi connectivity index (χ2n) is 4.83. The number of carbonyl (C=O) groups excluding carboxylic acids is 2. The molecule has 0 spiro atoms. The number of aromatic amines is 1. The quantitative estimate of drug-likeness (QED) is 0.758. The van der Waals surface area contributed by atoms with Crippen molar-refractivity contribution >= 4 is 23.2 Å². The number of amides is 2. The van der Waals surface area contributed by atoms with Crippen LogP contribution in [-0.4, -0.2) is 22.0 Å². The molecule has 0 radical (unpaired) electrons. The van der Waals surface area contributed by atoms with E-state index in [1.807, 2.05) is 13.8 Å². The van der Waals surface area contributed by atoms with Crippen LogP contribution in [0.2, 0.25) is 0 Å². The fourth-order valence-corrected chi connectivity index (χ4v) is 1.96. The Bertz CT molecular complexity index is 695. The number of aryl methyl sites for hydroxylation is 2. The van der Waals surface area contributed by atoms with Gasteiger partial charge in [-0.05, 0) is 51.1 Å². The fourth-order valence-electron chi connectivity index (χ4n) is 1.96. The summed E-state index contributed by atoms with van der Waals surface area (Å²) in [6.45, 7) is 5.43. The molecule has 1 aromatic heterocycles.